The van der Waals surface area contributed by atoms with Gasteiger partial charge in [0.1, 0.15) is 18.2 Å². The Morgan fingerprint density at radius 3 is 2.40 bits per heavy atom. The van der Waals surface area contributed by atoms with Gasteiger partial charge in [0.25, 0.3) is 5.91 Å². The first-order chi connectivity index (χ1) is 16.7. The predicted octanol–water partition coefficient (Wildman–Crippen LogP) is 3.18. The van der Waals surface area contributed by atoms with Gasteiger partial charge in [0.2, 0.25) is 0 Å². The summed E-state index contributed by atoms with van der Waals surface area (Å²) in [6, 6.07) is 9.89. The van der Waals surface area contributed by atoms with E-state index in [1.165, 1.54) is 6.08 Å². The summed E-state index contributed by atoms with van der Waals surface area (Å²) in [5.74, 6) is -0.529. The zero-order valence-electron chi connectivity index (χ0n) is 20.2. The Labute approximate surface area is 205 Å². The molecular formula is C25H32N4O6. The highest BCUT2D eigenvalue weighted by atomic mass is 16.7. The van der Waals surface area contributed by atoms with Crippen LogP contribution in [0.3, 0.4) is 0 Å². The van der Waals surface area contributed by atoms with Crippen LogP contribution in [0.15, 0.2) is 61.4 Å². The number of nitrogens with zero attached hydrogens (tertiary/aromatic N) is 1. The molecule has 1 heterocycles. The highest BCUT2D eigenvalue weighted by molar-refractivity contribution is 5.85. The maximum absolute atomic E-state index is 12.7. The number of hydrogen-bond donors (Lipinski definition) is 3. The summed E-state index contributed by atoms with van der Waals surface area (Å²) in [6.45, 7) is 9.25. The van der Waals surface area contributed by atoms with Crippen LogP contribution in [-0.4, -0.2) is 41.3 Å². The van der Waals surface area contributed by atoms with Crippen molar-refractivity contribution in [2.24, 2.45) is 0 Å². The molecule has 1 aromatic heterocycles. The smallest absolute Gasteiger partial charge is 0.408 e. The normalized spacial score (nSPS) is 11.6. The minimum Gasteiger partial charge on any atom is -0.445 e. The topological polar surface area (TPSA) is 128 Å². The molecule has 1 aromatic carbocycles. The molecule has 0 aliphatic rings. The molecule has 0 aliphatic heterocycles. The monoisotopic (exact) mass is 484 g/mol. The van der Waals surface area contributed by atoms with Crippen LogP contribution in [-0.2, 0) is 38.7 Å². The molecule has 0 fully saturated rings. The van der Waals surface area contributed by atoms with Crippen LogP contribution < -0.4 is 16.1 Å². The van der Waals surface area contributed by atoms with Crippen LogP contribution in [0, 0.1) is 0 Å². The van der Waals surface area contributed by atoms with Crippen LogP contribution >= 0.6 is 0 Å². The van der Waals surface area contributed by atoms with Gasteiger partial charge in [-0.05, 0) is 43.5 Å². The van der Waals surface area contributed by atoms with Crippen molar-refractivity contribution < 1.29 is 28.7 Å². The number of pyridine rings is 1. The third-order valence-electron chi connectivity index (χ3n) is 4.37. The van der Waals surface area contributed by atoms with Crippen LogP contribution in [0.5, 0.6) is 0 Å². The molecule has 10 nitrogen and oxygen atoms in total. The van der Waals surface area contributed by atoms with E-state index in [1.807, 2.05) is 24.3 Å². The van der Waals surface area contributed by atoms with E-state index in [1.54, 1.807) is 45.3 Å². The molecule has 2 rings (SSSR count). The predicted molar refractivity (Wildman–Crippen MR) is 129 cm³/mol. The van der Waals surface area contributed by atoms with Gasteiger partial charge in [0.05, 0.1) is 6.61 Å². The quantitative estimate of drug-likeness (QED) is 0.330. The lowest BCUT2D eigenvalue weighted by Crippen LogP contribution is -2.49. The first kappa shape index (κ1) is 27.3. The van der Waals surface area contributed by atoms with Crippen molar-refractivity contribution in [2.75, 3.05) is 6.61 Å². The Kier molecular flexibility index (Phi) is 10.7. The van der Waals surface area contributed by atoms with Gasteiger partial charge < -0.3 is 20.1 Å². The Morgan fingerprint density at radius 1 is 1.06 bits per heavy atom. The number of rotatable bonds is 11. The molecule has 188 valence electrons. The maximum atomic E-state index is 12.7. The lowest BCUT2D eigenvalue weighted by atomic mass is 10.1. The van der Waals surface area contributed by atoms with Crippen LogP contribution in [0.4, 0.5) is 9.59 Å². The van der Waals surface area contributed by atoms with Crippen molar-refractivity contribution in [3.8, 4) is 0 Å². The first-order valence-electron chi connectivity index (χ1n) is 11.1. The summed E-state index contributed by atoms with van der Waals surface area (Å²) in [4.78, 5) is 45.8. The number of hydroxylamine groups is 1. The molecule has 0 spiro atoms. The van der Waals surface area contributed by atoms with E-state index < -0.39 is 29.7 Å². The van der Waals surface area contributed by atoms with E-state index in [-0.39, 0.29) is 19.6 Å². The minimum atomic E-state index is -0.927. The highest BCUT2D eigenvalue weighted by Gasteiger charge is 2.25. The lowest BCUT2D eigenvalue weighted by Gasteiger charge is -2.23. The number of benzene rings is 1. The molecule has 0 bridgehead atoms. The second kappa shape index (κ2) is 13.7. The molecule has 0 saturated carbocycles. The van der Waals surface area contributed by atoms with Crippen molar-refractivity contribution in [2.45, 2.75) is 52.0 Å². The fourth-order valence-electron chi connectivity index (χ4n) is 2.79. The molecule has 3 N–H and O–H groups in total. The highest BCUT2D eigenvalue weighted by Crippen LogP contribution is 2.09. The van der Waals surface area contributed by atoms with Gasteiger partial charge in [0, 0.05) is 25.4 Å². The zero-order chi connectivity index (χ0) is 25.7. The number of ether oxygens (including phenoxy) is 2. The van der Waals surface area contributed by atoms with E-state index >= 15 is 0 Å². The van der Waals surface area contributed by atoms with Crippen molar-refractivity contribution in [1.82, 2.24) is 21.1 Å². The zero-order valence-corrected chi connectivity index (χ0v) is 20.2. The first-order valence-corrected chi connectivity index (χ1v) is 11.1. The van der Waals surface area contributed by atoms with Crippen molar-refractivity contribution in [1.29, 1.82) is 0 Å². The second-order valence-corrected chi connectivity index (χ2v) is 8.58. The summed E-state index contributed by atoms with van der Waals surface area (Å²) in [5, 5.41) is 5.21. The third kappa shape index (κ3) is 11.2. The number of carbonyl (C=O) groups is 3. The van der Waals surface area contributed by atoms with E-state index in [2.05, 4.69) is 27.7 Å². The van der Waals surface area contributed by atoms with Gasteiger partial charge in [-0.2, -0.15) is 0 Å². The minimum absolute atomic E-state index is 0.104. The summed E-state index contributed by atoms with van der Waals surface area (Å²) < 4.78 is 10.1. The number of nitrogens with one attached hydrogen (secondary N) is 3. The van der Waals surface area contributed by atoms with Gasteiger partial charge in [-0.1, -0.05) is 43.0 Å². The van der Waals surface area contributed by atoms with Crippen LogP contribution in [0.2, 0.25) is 0 Å². The molecule has 0 unspecified atom stereocenters. The number of carbonyl (C=O) groups excluding carboxylic acids is 3. The van der Waals surface area contributed by atoms with Crippen molar-refractivity contribution >= 4 is 18.1 Å². The molecule has 10 heteroatoms. The van der Waals surface area contributed by atoms with Gasteiger partial charge in [-0.25, -0.2) is 15.1 Å². The number of amides is 3. The van der Waals surface area contributed by atoms with Crippen molar-refractivity contribution in [3.63, 3.8) is 0 Å². The van der Waals surface area contributed by atoms with Crippen molar-refractivity contribution in [3.05, 3.63) is 78.1 Å². The summed E-state index contributed by atoms with van der Waals surface area (Å²) in [5.41, 5.74) is 4.11. The molecule has 35 heavy (non-hydrogen) atoms. The SMILES string of the molecule is C=CCOC(=O)NCc1ccc(CONC(=O)[C@@H](Cc2cccnc2)NC(=O)OC(C)(C)C)cc1. The maximum Gasteiger partial charge on any atom is 0.408 e. The largest absolute Gasteiger partial charge is 0.445 e. The number of aromatic nitrogens is 1. The Balaban J connectivity index is 1.87. The molecule has 0 saturated heterocycles. The lowest BCUT2D eigenvalue weighted by molar-refractivity contribution is -0.136. The Hall–Kier alpha value is -3.92. The molecule has 3 amide bonds. The average Bonchev–Trinajstić information content (AvgIpc) is 2.81. The molecule has 0 radical (unpaired) electrons. The molecule has 1 atom stereocenters. The van der Waals surface area contributed by atoms with E-state index in [4.69, 9.17) is 14.3 Å². The fourth-order valence-corrected chi connectivity index (χ4v) is 2.79. The van der Waals surface area contributed by atoms with E-state index in [0.717, 1.165) is 16.7 Å². The third-order valence-corrected chi connectivity index (χ3v) is 4.37. The van der Waals surface area contributed by atoms with Crippen LogP contribution in [0.1, 0.15) is 37.5 Å². The Morgan fingerprint density at radius 2 is 1.77 bits per heavy atom. The average molecular weight is 485 g/mol. The number of alkyl carbamates (subject to hydrolysis) is 2. The van der Waals surface area contributed by atoms with Gasteiger partial charge in [-0.15, -0.1) is 0 Å². The molecule has 0 aliphatic carbocycles. The van der Waals surface area contributed by atoms with E-state index in [9.17, 15) is 14.4 Å². The summed E-state index contributed by atoms with van der Waals surface area (Å²) in [7, 11) is 0. The van der Waals surface area contributed by atoms with Gasteiger partial charge in [-0.3, -0.25) is 14.6 Å². The van der Waals surface area contributed by atoms with E-state index in [0.29, 0.717) is 6.54 Å². The van der Waals surface area contributed by atoms with Gasteiger partial charge >= 0.3 is 12.2 Å². The standard InChI is InChI=1S/C25H32N4O6/c1-5-13-33-23(31)27-16-18-8-10-19(11-9-18)17-34-29-22(30)21(14-20-7-6-12-26-15-20)28-24(32)35-25(2,3)4/h5-12,15,21H,1,13-14,16-17H2,2-4H3,(H,27,31)(H,28,32)(H,29,30)/t21-/m1/s1. The second-order valence-electron chi connectivity index (χ2n) is 8.58. The van der Waals surface area contributed by atoms with Gasteiger partial charge in [0.15, 0.2) is 0 Å². The Bertz CT molecular complexity index is 974. The molecular weight excluding hydrogens is 452 g/mol. The summed E-state index contributed by atoms with van der Waals surface area (Å²) >= 11 is 0. The fraction of sp³-hybridized carbons (Fsp3) is 0.360. The van der Waals surface area contributed by atoms with Crippen LogP contribution in [0.25, 0.3) is 0 Å². The summed E-state index contributed by atoms with van der Waals surface area (Å²) in [6.07, 6.45) is 3.70. The molecule has 2 aromatic rings. The number of hydrogen-bond acceptors (Lipinski definition) is 7.